The standard InChI is InChI=1S/C8H18N2/c1-7(9-2)5-10-6-8-3-4-8/h7-10H,3-6H2,1-2H3. The van der Waals surface area contributed by atoms with Crippen molar-refractivity contribution in [1.82, 2.24) is 10.6 Å². The molecule has 0 amide bonds. The molecule has 0 saturated heterocycles. The predicted octanol–water partition coefficient (Wildman–Crippen LogP) is 0.594. The van der Waals surface area contributed by atoms with Crippen LogP contribution >= 0.6 is 0 Å². The van der Waals surface area contributed by atoms with Crippen LogP contribution in [0.4, 0.5) is 0 Å². The van der Waals surface area contributed by atoms with Crippen LogP contribution in [-0.4, -0.2) is 26.2 Å². The predicted molar refractivity (Wildman–Crippen MR) is 44.1 cm³/mol. The lowest BCUT2D eigenvalue weighted by Crippen LogP contribution is -2.34. The van der Waals surface area contributed by atoms with Crippen LogP contribution in [0.25, 0.3) is 0 Å². The van der Waals surface area contributed by atoms with E-state index in [2.05, 4.69) is 17.6 Å². The molecule has 1 aliphatic carbocycles. The highest BCUT2D eigenvalue weighted by molar-refractivity contribution is 4.76. The molecule has 2 N–H and O–H groups in total. The Kier molecular flexibility index (Phi) is 3.16. The van der Waals surface area contributed by atoms with Gasteiger partial charge < -0.3 is 10.6 Å². The summed E-state index contributed by atoms with van der Waals surface area (Å²) in [5.41, 5.74) is 0. The summed E-state index contributed by atoms with van der Waals surface area (Å²) in [5, 5.41) is 6.63. The summed E-state index contributed by atoms with van der Waals surface area (Å²) >= 11 is 0. The van der Waals surface area contributed by atoms with Gasteiger partial charge in [-0.05, 0) is 39.3 Å². The second kappa shape index (κ2) is 3.94. The van der Waals surface area contributed by atoms with Crippen molar-refractivity contribution in [2.45, 2.75) is 25.8 Å². The monoisotopic (exact) mass is 142 g/mol. The van der Waals surface area contributed by atoms with Gasteiger partial charge in [-0.3, -0.25) is 0 Å². The van der Waals surface area contributed by atoms with Crippen molar-refractivity contribution in [2.75, 3.05) is 20.1 Å². The Morgan fingerprint density at radius 1 is 1.50 bits per heavy atom. The molecule has 0 aromatic carbocycles. The molecule has 2 heteroatoms. The smallest absolute Gasteiger partial charge is 0.0161 e. The zero-order valence-electron chi connectivity index (χ0n) is 6.98. The largest absolute Gasteiger partial charge is 0.316 e. The van der Waals surface area contributed by atoms with E-state index in [4.69, 9.17) is 0 Å². The summed E-state index contributed by atoms with van der Waals surface area (Å²) in [6.07, 6.45) is 2.89. The lowest BCUT2D eigenvalue weighted by molar-refractivity contribution is 0.528. The fourth-order valence-corrected chi connectivity index (χ4v) is 0.928. The fraction of sp³-hybridized carbons (Fsp3) is 1.00. The van der Waals surface area contributed by atoms with Crippen molar-refractivity contribution < 1.29 is 0 Å². The molecular weight excluding hydrogens is 124 g/mol. The minimum Gasteiger partial charge on any atom is -0.316 e. The number of hydrogen-bond donors (Lipinski definition) is 2. The van der Waals surface area contributed by atoms with E-state index in [9.17, 15) is 0 Å². The van der Waals surface area contributed by atoms with E-state index in [0.29, 0.717) is 6.04 Å². The van der Waals surface area contributed by atoms with Gasteiger partial charge in [0.05, 0.1) is 0 Å². The SMILES string of the molecule is CNC(C)CNCC1CC1. The van der Waals surface area contributed by atoms with Crippen molar-refractivity contribution in [2.24, 2.45) is 5.92 Å². The second-order valence-electron chi connectivity index (χ2n) is 3.29. The Morgan fingerprint density at radius 3 is 2.70 bits per heavy atom. The highest BCUT2D eigenvalue weighted by Crippen LogP contribution is 2.27. The van der Waals surface area contributed by atoms with Crippen LogP contribution < -0.4 is 10.6 Å². The van der Waals surface area contributed by atoms with Crippen LogP contribution in [-0.2, 0) is 0 Å². The van der Waals surface area contributed by atoms with Gasteiger partial charge >= 0.3 is 0 Å². The molecule has 1 atom stereocenters. The maximum absolute atomic E-state index is 3.44. The first-order valence-electron chi connectivity index (χ1n) is 4.21. The topological polar surface area (TPSA) is 24.1 Å². The molecule has 2 nitrogen and oxygen atoms in total. The summed E-state index contributed by atoms with van der Waals surface area (Å²) in [7, 11) is 2.00. The van der Waals surface area contributed by atoms with Crippen LogP contribution in [0.5, 0.6) is 0 Å². The fourth-order valence-electron chi connectivity index (χ4n) is 0.928. The number of hydrogen-bond acceptors (Lipinski definition) is 2. The first kappa shape index (κ1) is 8.02. The van der Waals surface area contributed by atoms with E-state index in [0.717, 1.165) is 12.5 Å². The van der Waals surface area contributed by atoms with Crippen molar-refractivity contribution in [1.29, 1.82) is 0 Å². The molecule has 1 saturated carbocycles. The molecule has 0 bridgehead atoms. The normalized spacial score (nSPS) is 21.0. The summed E-state index contributed by atoms with van der Waals surface area (Å²) in [4.78, 5) is 0. The number of nitrogens with one attached hydrogen (secondary N) is 2. The van der Waals surface area contributed by atoms with Gasteiger partial charge in [0.25, 0.3) is 0 Å². The van der Waals surface area contributed by atoms with E-state index in [-0.39, 0.29) is 0 Å². The quantitative estimate of drug-likeness (QED) is 0.587. The zero-order valence-corrected chi connectivity index (χ0v) is 6.98. The van der Waals surface area contributed by atoms with Gasteiger partial charge in [-0.2, -0.15) is 0 Å². The van der Waals surface area contributed by atoms with Gasteiger partial charge in [-0.25, -0.2) is 0 Å². The summed E-state index contributed by atoms with van der Waals surface area (Å²) in [5.74, 6) is 1.00. The third-order valence-electron chi connectivity index (χ3n) is 2.07. The van der Waals surface area contributed by atoms with Gasteiger partial charge in [-0.1, -0.05) is 0 Å². The molecule has 1 rings (SSSR count). The van der Waals surface area contributed by atoms with Crippen LogP contribution in [0.3, 0.4) is 0 Å². The minimum absolute atomic E-state index is 0.610. The summed E-state index contributed by atoms with van der Waals surface area (Å²) in [6, 6.07) is 0.610. The van der Waals surface area contributed by atoms with Gasteiger partial charge in [0.15, 0.2) is 0 Å². The lowest BCUT2D eigenvalue weighted by atomic mass is 10.3. The van der Waals surface area contributed by atoms with Crippen molar-refractivity contribution in [3.63, 3.8) is 0 Å². The Balaban J connectivity index is 1.83. The molecule has 0 radical (unpaired) electrons. The zero-order chi connectivity index (χ0) is 7.40. The van der Waals surface area contributed by atoms with E-state index in [1.165, 1.54) is 19.4 Å². The summed E-state index contributed by atoms with van der Waals surface area (Å²) < 4.78 is 0. The average Bonchev–Trinajstić information content (AvgIpc) is 2.71. The van der Waals surface area contributed by atoms with E-state index in [1.807, 2.05) is 7.05 Å². The van der Waals surface area contributed by atoms with E-state index in [1.54, 1.807) is 0 Å². The molecular formula is C8H18N2. The van der Waals surface area contributed by atoms with Crippen LogP contribution in [0, 0.1) is 5.92 Å². The molecule has 0 aromatic rings. The average molecular weight is 142 g/mol. The van der Waals surface area contributed by atoms with Crippen LogP contribution in [0.1, 0.15) is 19.8 Å². The maximum Gasteiger partial charge on any atom is 0.0161 e. The Morgan fingerprint density at radius 2 is 2.20 bits per heavy atom. The third kappa shape index (κ3) is 3.18. The second-order valence-corrected chi connectivity index (χ2v) is 3.29. The van der Waals surface area contributed by atoms with E-state index >= 15 is 0 Å². The van der Waals surface area contributed by atoms with Gasteiger partial charge in [0.2, 0.25) is 0 Å². The molecule has 0 aliphatic heterocycles. The molecule has 0 heterocycles. The maximum atomic E-state index is 3.44. The number of likely N-dealkylation sites (N-methyl/N-ethyl adjacent to an activating group) is 1. The van der Waals surface area contributed by atoms with Gasteiger partial charge in [0, 0.05) is 12.6 Å². The highest BCUT2D eigenvalue weighted by Gasteiger charge is 2.20. The number of rotatable bonds is 5. The molecule has 1 unspecified atom stereocenters. The van der Waals surface area contributed by atoms with Gasteiger partial charge in [0.1, 0.15) is 0 Å². The molecule has 0 aromatic heterocycles. The van der Waals surface area contributed by atoms with Crippen molar-refractivity contribution >= 4 is 0 Å². The lowest BCUT2D eigenvalue weighted by Gasteiger charge is -2.10. The first-order valence-corrected chi connectivity index (χ1v) is 4.21. The Labute approximate surface area is 63.4 Å². The summed E-state index contributed by atoms with van der Waals surface area (Å²) in [6.45, 7) is 4.53. The van der Waals surface area contributed by atoms with Crippen LogP contribution in [0.2, 0.25) is 0 Å². The van der Waals surface area contributed by atoms with Crippen molar-refractivity contribution in [3.8, 4) is 0 Å². The van der Waals surface area contributed by atoms with Crippen molar-refractivity contribution in [3.05, 3.63) is 0 Å². The molecule has 60 valence electrons. The van der Waals surface area contributed by atoms with Crippen LogP contribution in [0.15, 0.2) is 0 Å². The molecule has 0 spiro atoms. The molecule has 1 fully saturated rings. The van der Waals surface area contributed by atoms with E-state index < -0.39 is 0 Å². The minimum atomic E-state index is 0.610. The first-order chi connectivity index (χ1) is 4.83. The third-order valence-corrected chi connectivity index (χ3v) is 2.07. The molecule has 1 aliphatic rings. The Hall–Kier alpha value is -0.0800. The molecule has 10 heavy (non-hydrogen) atoms. The Bertz CT molecular complexity index is 89.3. The highest BCUT2D eigenvalue weighted by atomic mass is 15.0. The van der Waals surface area contributed by atoms with Gasteiger partial charge in [-0.15, -0.1) is 0 Å².